The summed E-state index contributed by atoms with van der Waals surface area (Å²) in [6, 6.07) is 16.1. The summed E-state index contributed by atoms with van der Waals surface area (Å²) in [5.74, 6) is -0.420. The van der Waals surface area contributed by atoms with Crippen molar-refractivity contribution in [3.8, 4) is 16.9 Å². The number of nitrogens with zero attached hydrogens (tertiary/aromatic N) is 1. The van der Waals surface area contributed by atoms with Gasteiger partial charge in [0.15, 0.2) is 0 Å². The fourth-order valence-corrected chi connectivity index (χ4v) is 2.31. The number of aromatic nitrogens is 1. The van der Waals surface area contributed by atoms with E-state index in [0.29, 0.717) is 17.5 Å². The predicted molar refractivity (Wildman–Crippen MR) is 80.5 cm³/mol. The molecule has 1 N–H and O–H groups in total. The van der Waals surface area contributed by atoms with E-state index in [9.17, 15) is 9.50 Å². The van der Waals surface area contributed by atoms with Gasteiger partial charge in [0.2, 0.25) is 0 Å². The largest absolute Gasteiger partial charge is 0.508 e. The number of phenolic OH excluding ortho intramolecular Hbond substituents is 1. The van der Waals surface area contributed by atoms with Crippen LogP contribution in [0.15, 0.2) is 67.0 Å². The van der Waals surface area contributed by atoms with Crippen LogP contribution >= 0.6 is 0 Å². The first-order valence-electron chi connectivity index (χ1n) is 6.70. The monoisotopic (exact) mass is 279 g/mol. The van der Waals surface area contributed by atoms with Gasteiger partial charge in [0.25, 0.3) is 0 Å². The molecule has 1 aromatic heterocycles. The van der Waals surface area contributed by atoms with E-state index < -0.39 is 5.82 Å². The van der Waals surface area contributed by atoms with Gasteiger partial charge in [0.05, 0.1) is 0 Å². The molecule has 2 aromatic carbocycles. The van der Waals surface area contributed by atoms with E-state index >= 15 is 0 Å². The minimum absolute atomic E-state index is 0.0225. The zero-order valence-corrected chi connectivity index (χ0v) is 11.3. The zero-order valence-electron chi connectivity index (χ0n) is 11.3. The molecule has 1 heterocycles. The molecular weight excluding hydrogens is 265 g/mol. The van der Waals surface area contributed by atoms with Crippen molar-refractivity contribution in [2.75, 3.05) is 0 Å². The van der Waals surface area contributed by atoms with Crippen LogP contribution in [-0.4, -0.2) is 10.1 Å². The third-order valence-corrected chi connectivity index (χ3v) is 3.41. The molecule has 0 aliphatic rings. The summed E-state index contributed by atoms with van der Waals surface area (Å²) in [7, 11) is 0. The van der Waals surface area contributed by atoms with Crippen molar-refractivity contribution in [2.45, 2.75) is 6.42 Å². The second kappa shape index (κ2) is 5.75. The van der Waals surface area contributed by atoms with Crippen molar-refractivity contribution in [3.05, 3.63) is 83.9 Å². The van der Waals surface area contributed by atoms with Gasteiger partial charge < -0.3 is 5.11 Å². The Balaban J connectivity index is 1.97. The highest BCUT2D eigenvalue weighted by Gasteiger charge is 2.12. The number of halogens is 1. The molecule has 0 fully saturated rings. The highest BCUT2D eigenvalue weighted by atomic mass is 19.1. The molecule has 3 aromatic rings. The molecule has 0 bridgehead atoms. The smallest absolute Gasteiger partial charge is 0.131 e. The molecular formula is C18H14FNO. The van der Waals surface area contributed by atoms with Gasteiger partial charge in [-0.3, -0.25) is 4.98 Å². The number of rotatable bonds is 3. The molecule has 0 aliphatic carbocycles. The van der Waals surface area contributed by atoms with Gasteiger partial charge in [-0.05, 0) is 41.0 Å². The summed E-state index contributed by atoms with van der Waals surface area (Å²) in [6.45, 7) is 0. The fraction of sp³-hybridized carbons (Fsp3) is 0.0556. The average Bonchev–Trinajstić information content (AvgIpc) is 2.52. The van der Waals surface area contributed by atoms with Crippen LogP contribution in [0.5, 0.6) is 5.75 Å². The lowest BCUT2D eigenvalue weighted by Crippen LogP contribution is -1.94. The van der Waals surface area contributed by atoms with Crippen LogP contribution in [0.25, 0.3) is 11.1 Å². The number of hydrogen-bond acceptors (Lipinski definition) is 2. The first kappa shape index (κ1) is 13.3. The van der Waals surface area contributed by atoms with Crippen LogP contribution in [0.1, 0.15) is 11.1 Å². The number of benzene rings is 2. The molecule has 3 heteroatoms. The molecule has 2 nitrogen and oxygen atoms in total. The summed E-state index contributed by atoms with van der Waals surface area (Å²) in [6.07, 6.45) is 3.65. The first-order chi connectivity index (χ1) is 10.2. The van der Waals surface area contributed by atoms with Crippen LogP contribution < -0.4 is 0 Å². The summed E-state index contributed by atoms with van der Waals surface area (Å²) < 4.78 is 14.3. The van der Waals surface area contributed by atoms with Crippen LogP contribution in [0, 0.1) is 5.82 Å². The molecule has 0 amide bonds. The summed E-state index contributed by atoms with van der Waals surface area (Å²) in [5, 5.41) is 10.1. The molecule has 0 spiro atoms. The SMILES string of the molecule is Oc1cc(-c2ccncc2)cc(F)c1Cc1ccccc1. The second-order valence-corrected chi connectivity index (χ2v) is 4.85. The topological polar surface area (TPSA) is 33.1 Å². The molecule has 0 unspecified atom stereocenters. The lowest BCUT2D eigenvalue weighted by Gasteiger charge is -2.09. The standard InChI is InChI=1S/C18H14FNO/c19-17-11-15(14-6-8-20-9-7-14)12-18(21)16(17)10-13-4-2-1-3-5-13/h1-9,11-12,21H,10H2. The minimum atomic E-state index is -0.398. The quantitative estimate of drug-likeness (QED) is 0.780. The Kier molecular flexibility index (Phi) is 3.65. The number of aromatic hydroxyl groups is 1. The lowest BCUT2D eigenvalue weighted by atomic mass is 9.99. The van der Waals surface area contributed by atoms with Crippen LogP contribution in [0.2, 0.25) is 0 Å². The molecule has 21 heavy (non-hydrogen) atoms. The van der Waals surface area contributed by atoms with E-state index in [2.05, 4.69) is 4.98 Å². The van der Waals surface area contributed by atoms with Crippen LogP contribution in [0.4, 0.5) is 4.39 Å². The van der Waals surface area contributed by atoms with Crippen LogP contribution in [0.3, 0.4) is 0 Å². The van der Waals surface area contributed by atoms with E-state index in [1.165, 1.54) is 6.07 Å². The molecule has 0 radical (unpaired) electrons. The Labute approximate surface area is 122 Å². The molecule has 0 saturated heterocycles. The fourth-order valence-electron chi connectivity index (χ4n) is 2.31. The Hall–Kier alpha value is -2.68. The highest BCUT2D eigenvalue weighted by molar-refractivity contribution is 5.66. The lowest BCUT2D eigenvalue weighted by molar-refractivity contribution is 0.461. The summed E-state index contributed by atoms with van der Waals surface area (Å²) in [5.41, 5.74) is 2.75. The minimum Gasteiger partial charge on any atom is -0.508 e. The third-order valence-electron chi connectivity index (χ3n) is 3.41. The van der Waals surface area contributed by atoms with E-state index in [0.717, 1.165) is 11.1 Å². The maximum absolute atomic E-state index is 14.3. The van der Waals surface area contributed by atoms with Crippen molar-refractivity contribution in [1.82, 2.24) is 4.98 Å². The van der Waals surface area contributed by atoms with Gasteiger partial charge in [-0.25, -0.2) is 4.39 Å². The van der Waals surface area contributed by atoms with E-state index in [1.807, 2.05) is 30.3 Å². The van der Waals surface area contributed by atoms with E-state index in [-0.39, 0.29) is 5.75 Å². The van der Waals surface area contributed by atoms with Gasteiger partial charge >= 0.3 is 0 Å². The Morgan fingerprint density at radius 1 is 0.905 bits per heavy atom. The molecule has 0 aliphatic heterocycles. The first-order valence-corrected chi connectivity index (χ1v) is 6.70. The normalized spacial score (nSPS) is 10.5. The summed E-state index contributed by atoms with van der Waals surface area (Å²) >= 11 is 0. The zero-order chi connectivity index (χ0) is 14.7. The van der Waals surface area contributed by atoms with Crippen molar-refractivity contribution < 1.29 is 9.50 Å². The van der Waals surface area contributed by atoms with Crippen molar-refractivity contribution in [3.63, 3.8) is 0 Å². The number of phenols is 1. The van der Waals surface area contributed by atoms with Gasteiger partial charge in [-0.15, -0.1) is 0 Å². The summed E-state index contributed by atoms with van der Waals surface area (Å²) in [4.78, 5) is 3.93. The predicted octanol–water partition coefficient (Wildman–Crippen LogP) is 4.18. The molecule has 0 atom stereocenters. The average molecular weight is 279 g/mol. The van der Waals surface area contributed by atoms with Gasteiger partial charge in [0, 0.05) is 24.4 Å². The Morgan fingerprint density at radius 2 is 1.62 bits per heavy atom. The van der Waals surface area contributed by atoms with Gasteiger partial charge in [-0.1, -0.05) is 30.3 Å². The van der Waals surface area contributed by atoms with Crippen molar-refractivity contribution in [2.24, 2.45) is 0 Å². The third kappa shape index (κ3) is 2.92. The second-order valence-electron chi connectivity index (χ2n) is 4.85. The van der Waals surface area contributed by atoms with Gasteiger partial charge in [-0.2, -0.15) is 0 Å². The maximum Gasteiger partial charge on any atom is 0.131 e. The Bertz CT molecular complexity index is 719. The van der Waals surface area contributed by atoms with Gasteiger partial charge in [0.1, 0.15) is 11.6 Å². The molecule has 3 rings (SSSR count). The van der Waals surface area contributed by atoms with Crippen molar-refractivity contribution in [1.29, 1.82) is 0 Å². The molecule has 104 valence electrons. The number of hydrogen-bond donors (Lipinski definition) is 1. The maximum atomic E-state index is 14.3. The highest BCUT2D eigenvalue weighted by Crippen LogP contribution is 2.30. The molecule has 0 saturated carbocycles. The van der Waals surface area contributed by atoms with E-state index in [1.54, 1.807) is 30.6 Å². The Morgan fingerprint density at radius 3 is 2.29 bits per heavy atom. The van der Waals surface area contributed by atoms with Crippen LogP contribution in [-0.2, 0) is 6.42 Å². The van der Waals surface area contributed by atoms with E-state index in [4.69, 9.17) is 0 Å². The van der Waals surface area contributed by atoms with Crippen molar-refractivity contribution >= 4 is 0 Å². The number of pyridine rings is 1.